The van der Waals surface area contributed by atoms with Crippen molar-refractivity contribution >= 4 is 21.4 Å². The molecule has 0 radical (unpaired) electrons. The van der Waals surface area contributed by atoms with Crippen molar-refractivity contribution in [1.29, 1.82) is 0 Å². The minimum absolute atomic E-state index is 0.0255. The molecule has 0 bridgehead atoms. The van der Waals surface area contributed by atoms with Crippen molar-refractivity contribution < 1.29 is 17.9 Å². The molecule has 2 heterocycles. The van der Waals surface area contributed by atoms with Crippen molar-refractivity contribution in [3.05, 3.63) is 33.7 Å². The van der Waals surface area contributed by atoms with E-state index in [1.165, 1.54) is 11.3 Å². The van der Waals surface area contributed by atoms with E-state index in [4.69, 9.17) is 4.42 Å². The van der Waals surface area contributed by atoms with Crippen molar-refractivity contribution in [1.82, 2.24) is 9.71 Å². The molecule has 0 aliphatic heterocycles. The molecule has 116 valence electrons. The van der Waals surface area contributed by atoms with Crippen molar-refractivity contribution in [2.45, 2.75) is 44.7 Å². The first kappa shape index (κ1) is 16.2. The molecule has 0 saturated heterocycles. The van der Waals surface area contributed by atoms with Crippen LogP contribution < -0.4 is 4.72 Å². The number of aliphatic hydroxyl groups excluding tert-OH is 1. The van der Waals surface area contributed by atoms with Gasteiger partial charge in [0.25, 0.3) is 0 Å². The van der Waals surface area contributed by atoms with Crippen LogP contribution in [0.25, 0.3) is 0 Å². The van der Waals surface area contributed by atoms with Crippen LogP contribution in [-0.4, -0.2) is 18.5 Å². The molecule has 0 aliphatic rings. The van der Waals surface area contributed by atoms with Gasteiger partial charge in [-0.25, -0.2) is 18.1 Å². The number of sulfonamides is 1. The topological polar surface area (TPSA) is 92.4 Å². The van der Waals surface area contributed by atoms with Crippen LogP contribution in [0.1, 0.15) is 41.5 Å². The van der Waals surface area contributed by atoms with Gasteiger partial charge in [-0.05, 0) is 20.3 Å². The Balaban J connectivity index is 2.39. The molecular formula is C13H18N2O4S2. The minimum Gasteiger partial charge on any atom is -0.465 e. The average Bonchev–Trinajstić information content (AvgIpc) is 3.03. The van der Waals surface area contributed by atoms with Crippen LogP contribution in [0.2, 0.25) is 0 Å². The third kappa shape index (κ3) is 3.18. The predicted octanol–water partition coefficient (Wildman–Crippen LogP) is 2.27. The fourth-order valence-corrected chi connectivity index (χ4v) is 4.78. The molecule has 1 unspecified atom stereocenters. The van der Waals surface area contributed by atoms with Crippen LogP contribution in [0.15, 0.2) is 20.9 Å². The van der Waals surface area contributed by atoms with Crippen LogP contribution >= 0.6 is 11.3 Å². The van der Waals surface area contributed by atoms with E-state index >= 15 is 0 Å². The Morgan fingerprint density at radius 2 is 2.14 bits per heavy atom. The quantitative estimate of drug-likeness (QED) is 0.847. The summed E-state index contributed by atoms with van der Waals surface area (Å²) in [5.41, 5.74) is 0.300. The molecular weight excluding hydrogens is 312 g/mol. The molecule has 0 amide bonds. The second-order valence-electron chi connectivity index (χ2n) is 4.63. The van der Waals surface area contributed by atoms with Gasteiger partial charge in [-0.2, -0.15) is 0 Å². The fourth-order valence-electron chi connectivity index (χ4n) is 2.21. The molecule has 2 aromatic rings. The molecule has 2 aromatic heterocycles. The van der Waals surface area contributed by atoms with Gasteiger partial charge in [0.1, 0.15) is 21.4 Å². The molecule has 0 fully saturated rings. The molecule has 0 aromatic carbocycles. The molecule has 1 atom stereocenters. The number of furan rings is 1. The molecule has 0 aliphatic carbocycles. The summed E-state index contributed by atoms with van der Waals surface area (Å²) in [6.07, 6.45) is 2.22. The Labute approximate surface area is 127 Å². The maximum atomic E-state index is 12.6. The number of rotatable bonds is 6. The largest absolute Gasteiger partial charge is 0.465 e. The Kier molecular flexibility index (Phi) is 4.82. The highest BCUT2D eigenvalue weighted by molar-refractivity contribution is 7.89. The SMILES string of the molecule is CCC(NS(=O)(=O)c1c(C)oc(C)c1CO)c1nccs1. The summed E-state index contributed by atoms with van der Waals surface area (Å²) >= 11 is 1.40. The highest BCUT2D eigenvalue weighted by atomic mass is 32.2. The highest BCUT2D eigenvalue weighted by Gasteiger charge is 2.29. The maximum absolute atomic E-state index is 12.6. The summed E-state index contributed by atoms with van der Waals surface area (Å²) in [5, 5.41) is 11.9. The van der Waals surface area contributed by atoms with Gasteiger partial charge in [0.15, 0.2) is 0 Å². The zero-order chi connectivity index (χ0) is 15.6. The van der Waals surface area contributed by atoms with E-state index in [1.54, 1.807) is 25.4 Å². The maximum Gasteiger partial charge on any atom is 0.245 e. The van der Waals surface area contributed by atoms with Crippen LogP contribution in [0, 0.1) is 13.8 Å². The molecule has 0 spiro atoms. The smallest absolute Gasteiger partial charge is 0.245 e. The fraction of sp³-hybridized carbons (Fsp3) is 0.462. The molecule has 2 N–H and O–H groups in total. The van der Waals surface area contributed by atoms with E-state index < -0.39 is 16.1 Å². The number of hydrogen-bond acceptors (Lipinski definition) is 6. The number of nitrogens with one attached hydrogen (secondary N) is 1. The third-order valence-electron chi connectivity index (χ3n) is 3.21. The van der Waals surface area contributed by atoms with Crippen LogP contribution in [0.4, 0.5) is 0 Å². The zero-order valence-electron chi connectivity index (χ0n) is 12.1. The van der Waals surface area contributed by atoms with E-state index in [9.17, 15) is 13.5 Å². The second kappa shape index (κ2) is 6.27. The summed E-state index contributed by atoms with van der Waals surface area (Å²) in [5.74, 6) is 0.690. The minimum atomic E-state index is -3.79. The molecule has 0 saturated carbocycles. The highest BCUT2D eigenvalue weighted by Crippen LogP contribution is 2.29. The number of aryl methyl sites for hydroxylation is 2. The van der Waals surface area contributed by atoms with Crippen molar-refractivity contribution in [3.8, 4) is 0 Å². The van der Waals surface area contributed by atoms with E-state index in [0.29, 0.717) is 22.8 Å². The van der Waals surface area contributed by atoms with Crippen molar-refractivity contribution in [2.24, 2.45) is 0 Å². The Morgan fingerprint density at radius 1 is 1.43 bits per heavy atom. The Bertz CT molecular complexity index is 705. The summed E-state index contributed by atoms with van der Waals surface area (Å²) in [6, 6.07) is -0.392. The first-order valence-corrected chi connectivity index (χ1v) is 8.88. The van der Waals surface area contributed by atoms with Crippen molar-refractivity contribution in [2.75, 3.05) is 0 Å². The number of thiazole rings is 1. The lowest BCUT2D eigenvalue weighted by atomic mass is 10.2. The number of aromatic nitrogens is 1. The first-order chi connectivity index (χ1) is 9.90. The second-order valence-corrected chi connectivity index (χ2v) is 7.21. The van der Waals surface area contributed by atoms with E-state index in [0.717, 1.165) is 0 Å². The van der Waals surface area contributed by atoms with E-state index in [1.807, 2.05) is 6.92 Å². The van der Waals surface area contributed by atoms with E-state index in [-0.39, 0.29) is 17.3 Å². The molecule has 21 heavy (non-hydrogen) atoms. The van der Waals surface area contributed by atoms with Gasteiger partial charge < -0.3 is 9.52 Å². The predicted molar refractivity (Wildman–Crippen MR) is 79.6 cm³/mol. The van der Waals surface area contributed by atoms with Gasteiger partial charge in [0.05, 0.1) is 12.6 Å². The average molecular weight is 330 g/mol. The lowest BCUT2D eigenvalue weighted by Crippen LogP contribution is -2.29. The molecule has 8 heteroatoms. The van der Waals surface area contributed by atoms with Crippen LogP contribution in [0.3, 0.4) is 0 Å². The van der Waals surface area contributed by atoms with E-state index in [2.05, 4.69) is 9.71 Å². The third-order valence-corrected chi connectivity index (χ3v) is 5.76. The summed E-state index contributed by atoms with van der Waals surface area (Å²) in [7, 11) is -3.79. The summed E-state index contributed by atoms with van der Waals surface area (Å²) in [6.45, 7) is 4.71. The molecule has 2 rings (SSSR count). The van der Waals surface area contributed by atoms with Crippen LogP contribution in [-0.2, 0) is 16.6 Å². The van der Waals surface area contributed by atoms with Crippen molar-refractivity contribution in [3.63, 3.8) is 0 Å². The molecule has 6 nitrogen and oxygen atoms in total. The number of hydrogen-bond donors (Lipinski definition) is 2. The summed E-state index contributed by atoms with van der Waals surface area (Å²) < 4.78 is 33.2. The zero-order valence-corrected chi connectivity index (χ0v) is 13.7. The number of aliphatic hydroxyl groups is 1. The normalized spacial score (nSPS) is 13.5. The Morgan fingerprint density at radius 3 is 2.67 bits per heavy atom. The van der Waals surface area contributed by atoms with Gasteiger partial charge in [-0.1, -0.05) is 6.92 Å². The standard InChI is InChI=1S/C13H18N2O4S2/c1-4-11(13-14-5-6-20-13)15-21(17,18)12-9(3)19-8(2)10(12)7-16/h5-6,11,15-16H,4,7H2,1-3H3. The van der Waals surface area contributed by atoms with Gasteiger partial charge in [0, 0.05) is 17.1 Å². The summed E-state index contributed by atoms with van der Waals surface area (Å²) in [4.78, 5) is 4.18. The Hall–Kier alpha value is -1.22. The first-order valence-electron chi connectivity index (χ1n) is 6.52. The monoisotopic (exact) mass is 330 g/mol. The van der Waals surface area contributed by atoms with Gasteiger partial charge in [-0.15, -0.1) is 11.3 Å². The van der Waals surface area contributed by atoms with Gasteiger partial charge in [0.2, 0.25) is 10.0 Å². The number of nitrogens with zero attached hydrogens (tertiary/aromatic N) is 1. The van der Waals surface area contributed by atoms with Crippen LogP contribution in [0.5, 0.6) is 0 Å². The van der Waals surface area contributed by atoms with Gasteiger partial charge >= 0.3 is 0 Å². The lowest BCUT2D eigenvalue weighted by molar-refractivity contribution is 0.276. The van der Waals surface area contributed by atoms with Gasteiger partial charge in [-0.3, -0.25) is 0 Å². The lowest BCUT2D eigenvalue weighted by Gasteiger charge is -2.15.